The molecule has 2 nitrogen and oxygen atoms in total. The summed E-state index contributed by atoms with van der Waals surface area (Å²) < 4.78 is 80.4. The van der Waals surface area contributed by atoms with E-state index in [1.807, 2.05) is 0 Å². The normalized spacial score (nSPS) is 19.2. The lowest BCUT2D eigenvalue weighted by molar-refractivity contribution is 0.159. The summed E-state index contributed by atoms with van der Waals surface area (Å²) in [6.45, 7) is 0. The summed E-state index contributed by atoms with van der Waals surface area (Å²) in [6, 6.07) is 17.4. The lowest BCUT2D eigenvalue weighted by atomic mass is 9.78. The molecular formula is C20H12BF5O2. The second kappa shape index (κ2) is 7.37. The van der Waals surface area contributed by atoms with Crippen LogP contribution in [-0.2, 0) is 9.31 Å². The molecule has 0 N–H and O–H groups in total. The Bertz CT molecular complexity index is 924. The fourth-order valence-corrected chi connectivity index (χ4v) is 3.20. The van der Waals surface area contributed by atoms with Gasteiger partial charge in [0.05, 0.1) is 17.7 Å². The van der Waals surface area contributed by atoms with Gasteiger partial charge < -0.3 is 9.31 Å². The molecule has 3 aromatic rings. The van der Waals surface area contributed by atoms with Crippen LogP contribution in [0.25, 0.3) is 0 Å². The predicted octanol–water partition coefficient (Wildman–Crippen LogP) is 4.61. The van der Waals surface area contributed by atoms with Crippen LogP contribution in [0.3, 0.4) is 0 Å². The largest absolute Gasteiger partial charge is 0.501 e. The Kier molecular flexibility index (Phi) is 4.91. The summed E-state index contributed by atoms with van der Waals surface area (Å²) in [7, 11) is -1.76. The third kappa shape index (κ3) is 3.08. The van der Waals surface area contributed by atoms with Crippen molar-refractivity contribution in [1.82, 2.24) is 0 Å². The van der Waals surface area contributed by atoms with Gasteiger partial charge >= 0.3 is 7.12 Å². The molecule has 28 heavy (non-hydrogen) atoms. The lowest BCUT2D eigenvalue weighted by Crippen LogP contribution is -2.39. The van der Waals surface area contributed by atoms with E-state index in [4.69, 9.17) is 9.31 Å². The molecule has 1 fully saturated rings. The molecule has 2 atom stereocenters. The van der Waals surface area contributed by atoms with E-state index in [2.05, 4.69) is 0 Å². The summed E-state index contributed by atoms with van der Waals surface area (Å²) in [5, 5.41) is 0. The van der Waals surface area contributed by atoms with Gasteiger partial charge in [0.15, 0.2) is 29.1 Å². The summed E-state index contributed by atoms with van der Waals surface area (Å²) >= 11 is 0. The maximum absolute atomic E-state index is 14.2. The molecule has 0 bridgehead atoms. The third-order valence-electron chi connectivity index (χ3n) is 4.55. The van der Waals surface area contributed by atoms with Crippen molar-refractivity contribution in [3.8, 4) is 0 Å². The van der Waals surface area contributed by atoms with Crippen molar-refractivity contribution in [2.24, 2.45) is 0 Å². The predicted molar refractivity (Wildman–Crippen MR) is 92.2 cm³/mol. The van der Waals surface area contributed by atoms with E-state index in [0.717, 1.165) is 0 Å². The lowest BCUT2D eigenvalue weighted by Gasteiger charge is -2.19. The van der Waals surface area contributed by atoms with Gasteiger partial charge in [-0.3, -0.25) is 0 Å². The minimum Gasteiger partial charge on any atom is -0.397 e. The van der Waals surface area contributed by atoms with Gasteiger partial charge in [-0.05, 0) is 11.1 Å². The van der Waals surface area contributed by atoms with Gasteiger partial charge in [0.25, 0.3) is 0 Å². The highest BCUT2D eigenvalue weighted by atomic mass is 19.2. The SMILES string of the molecule is Fc1c(F)c(F)c(B2O[C@H](c3ccccc3)[C@H](c3ccccc3)O2)c(F)c1F. The zero-order valence-electron chi connectivity index (χ0n) is 14.2. The topological polar surface area (TPSA) is 18.5 Å². The average molecular weight is 390 g/mol. The monoisotopic (exact) mass is 390 g/mol. The van der Waals surface area contributed by atoms with Crippen LogP contribution in [0.5, 0.6) is 0 Å². The summed E-state index contributed by atoms with van der Waals surface area (Å²) in [4.78, 5) is 0. The van der Waals surface area contributed by atoms with Crippen LogP contribution in [-0.4, -0.2) is 7.12 Å². The first kappa shape index (κ1) is 18.6. The molecule has 0 amide bonds. The Hall–Kier alpha value is -2.71. The van der Waals surface area contributed by atoms with Crippen LogP contribution in [0.15, 0.2) is 60.7 Å². The molecular weight excluding hydrogens is 378 g/mol. The van der Waals surface area contributed by atoms with Crippen LogP contribution in [0, 0.1) is 29.1 Å². The first-order chi connectivity index (χ1) is 13.5. The Morgan fingerprint density at radius 3 is 1.29 bits per heavy atom. The van der Waals surface area contributed by atoms with Gasteiger partial charge in [0.1, 0.15) is 0 Å². The zero-order valence-corrected chi connectivity index (χ0v) is 14.2. The number of hydrogen-bond acceptors (Lipinski definition) is 2. The van der Waals surface area contributed by atoms with Gasteiger partial charge in [-0.1, -0.05) is 60.7 Å². The van der Waals surface area contributed by atoms with Crippen molar-refractivity contribution in [2.45, 2.75) is 12.2 Å². The minimum atomic E-state index is -2.23. The smallest absolute Gasteiger partial charge is 0.397 e. The molecule has 1 saturated heterocycles. The van der Waals surface area contributed by atoms with Crippen LogP contribution in [0.2, 0.25) is 0 Å². The molecule has 1 aliphatic heterocycles. The second-order valence-electron chi connectivity index (χ2n) is 6.25. The second-order valence-corrected chi connectivity index (χ2v) is 6.25. The Labute approximate surface area is 157 Å². The average Bonchev–Trinajstić information content (AvgIpc) is 3.17. The van der Waals surface area contributed by atoms with Gasteiger partial charge in [-0.15, -0.1) is 0 Å². The van der Waals surface area contributed by atoms with Crippen LogP contribution in [0.4, 0.5) is 22.0 Å². The zero-order chi connectivity index (χ0) is 19.8. The van der Waals surface area contributed by atoms with Crippen molar-refractivity contribution >= 4 is 12.6 Å². The standard InChI is InChI=1S/C20H12BF5O2/c22-14-13(15(23)17(25)18(26)16(14)24)21-27-19(11-7-3-1-4-8-11)20(28-21)12-9-5-2-6-10-12/h1-10,19-20H/t19-,20+. The fraction of sp³-hybridized carbons (Fsp3) is 0.100. The van der Waals surface area contributed by atoms with E-state index in [1.54, 1.807) is 60.7 Å². The Morgan fingerprint density at radius 2 is 0.893 bits per heavy atom. The van der Waals surface area contributed by atoms with Crippen LogP contribution in [0.1, 0.15) is 23.3 Å². The molecule has 1 aliphatic rings. The number of rotatable bonds is 3. The molecule has 0 aliphatic carbocycles. The Balaban J connectivity index is 1.80. The number of halogens is 5. The van der Waals surface area contributed by atoms with E-state index >= 15 is 0 Å². The van der Waals surface area contributed by atoms with Crippen molar-refractivity contribution in [3.63, 3.8) is 0 Å². The van der Waals surface area contributed by atoms with Gasteiger partial charge in [0.2, 0.25) is 0 Å². The van der Waals surface area contributed by atoms with Crippen molar-refractivity contribution in [1.29, 1.82) is 0 Å². The molecule has 0 saturated carbocycles. The van der Waals surface area contributed by atoms with Gasteiger partial charge in [-0.25, -0.2) is 22.0 Å². The number of benzene rings is 3. The molecule has 142 valence electrons. The fourth-order valence-electron chi connectivity index (χ4n) is 3.20. The molecule has 0 unspecified atom stereocenters. The summed E-state index contributed by atoms with van der Waals surface area (Å²) in [6.07, 6.45) is -1.60. The van der Waals surface area contributed by atoms with Crippen molar-refractivity contribution < 1.29 is 31.3 Å². The van der Waals surface area contributed by atoms with E-state index in [-0.39, 0.29) is 0 Å². The third-order valence-corrected chi connectivity index (χ3v) is 4.55. The van der Waals surface area contributed by atoms with E-state index in [0.29, 0.717) is 11.1 Å². The highest BCUT2D eigenvalue weighted by molar-refractivity contribution is 6.62. The molecule has 0 radical (unpaired) electrons. The Morgan fingerprint density at radius 1 is 0.536 bits per heavy atom. The first-order valence-corrected chi connectivity index (χ1v) is 8.41. The van der Waals surface area contributed by atoms with Gasteiger partial charge in [-0.2, -0.15) is 0 Å². The first-order valence-electron chi connectivity index (χ1n) is 8.41. The molecule has 4 rings (SSSR count). The van der Waals surface area contributed by atoms with Crippen molar-refractivity contribution in [2.75, 3.05) is 0 Å². The van der Waals surface area contributed by atoms with E-state index in [9.17, 15) is 22.0 Å². The minimum absolute atomic E-state index is 0.641. The maximum atomic E-state index is 14.2. The summed E-state index contributed by atoms with van der Waals surface area (Å²) in [5.74, 6) is -10.2. The van der Waals surface area contributed by atoms with Crippen LogP contribution < -0.4 is 5.46 Å². The maximum Gasteiger partial charge on any atom is 0.501 e. The molecule has 0 spiro atoms. The molecule has 0 aromatic heterocycles. The molecule has 8 heteroatoms. The highest BCUT2D eigenvalue weighted by Crippen LogP contribution is 2.41. The van der Waals surface area contributed by atoms with E-state index in [1.165, 1.54) is 0 Å². The number of hydrogen-bond donors (Lipinski definition) is 0. The quantitative estimate of drug-likeness (QED) is 0.282. The summed E-state index contributed by atoms with van der Waals surface area (Å²) in [5.41, 5.74) is 0.140. The van der Waals surface area contributed by atoms with E-state index < -0.39 is 53.9 Å². The van der Waals surface area contributed by atoms with Crippen LogP contribution >= 0.6 is 0 Å². The van der Waals surface area contributed by atoms with Crippen molar-refractivity contribution in [3.05, 3.63) is 101 Å². The van der Waals surface area contributed by atoms with Gasteiger partial charge in [0, 0.05) is 0 Å². The highest BCUT2D eigenvalue weighted by Gasteiger charge is 2.46. The molecule has 1 heterocycles. The molecule has 3 aromatic carbocycles.